The summed E-state index contributed by atoms with van der Waals surface area (Å²) in [6.45, 7) is 5.55. The van der Waals surface area contributed by atoms with E-state index in [1.165, 1.54) is 23.2 Å². The molecule has 4 rings (SSSR count). The summed E-state index contributed by atoms with van der Waals surface area (Å²) in [5.74, 6) is -0.510. The molecule has 0 unspecified atom stereocenters. The molecule has 0 radical (unpaired) electrons. The highest BCUT2D eigenvalue weighted by molar-refractivity contribution is 5.85. The minimum absolute atomic E-state index is 0.0572. The smallest absolute Gasteiger partial charge is 0.218 e. The Morgan fingerprint density at radius 1 is 1.03 bits per heavy atom. The van der Waals surface area contributed by atoms with E-state index >= 15 is 4.39 Å². The van der Waals surface area contributed by atoms with Gasteiger partial charge in [0.1, 0.15) is 11.6 Å². The van der Waals surface area contributed by atoms with E-state index in [1.54, 1.807) is 23.4 Å². The van der Waals surface area contributed by atoms with Crippen molar-refractivity contribution >= 4 is 17.8 Å². The van der Waals surface area contributed by atoms with Crippen LogP contribution in [-0.4, -0.2) is 61.7 Å². The number of aromatic hydroxyl groups is 1. The van der Waals surface area contributed by atoms with Crippen molar-refractivity contribution in [1.29, 1.82) is 0 Å². The first-order valence-corrected chi connectivity index (χ1v) is 11.5. The highest BCUT2D eigenvalue weighted by Crippen LogP contribution is 2.40. The number of phenolic OH excluding ortho intramolecular Hbond substituents is 1. The minimum atomic E-state index is -0.567. The molecule has 2 aromatic carbocycles. The quantitative estimate of drug-likeness (QED) is 0.504. The van der Waals surface area contributed by atoms with Crippen LogP contribution in [0.25, 0.3) is 22.3 Å². The van der Waals surface area contributed by atoms with Crippen molar-refractivity contribution in [1.82, 2.24) is 15.2 Å². The Kier molecular flexibility index (Phi) is 7.31. The average Bonchev–Trinajstić information content (AvgIpc) is 2.86. The van der Waals surface area contributed by atoms with Gasteiger partial charge in [0.15, 0.2) is 0 Å². The zero-order valence-corrected chi connectivity index (χ0v) is 20.2. The fourth-order valence-corrected chi connectivity index (χ4v) is 4.15. The number of pyridine rings is 1. The van der Waals surface area contributed by atoms with Crippen LogP contribution < -0.4 is 15.1 Å². The number of carbonyl (C=O) groups excluding carboxylic acids is 1. The lowest BCUT2D eigenvalue weighted by atomic mass is 9.95. The summed E-state index contributed by atoms with van der Waals surface area (Å²) in [5, 5.41) is 14.6. The second kappa shape index (κ2) is 10.6. The van der Waals surface area contributed by atoms with Gasteiger partial charge in [-0.15, -0.1) is 0 Å². The topological polar surface area (TPSA) is 71.9 Å². The summed E-state index contributed by atoms with van der Waals surface area (Å²) < 4.78 is 15.1. The number of carbonyl (C=O) groups is 1. The van der Waals surface area contributed by atoms with Crippen LogP contribution >= 0.6 is 0 Å². The van der Waals surface area contributed by atoms with Crippen LogP contribution in [0, 0.1) is 12.7 Å². The van der Waals surface area contributed by atoms with E-state index in [0.717, 1.165) is 43.0 Å². The van der Waals surface area contributed by atoms with E-state index in [9.17, 15) is 9.90 Å². The van der Waals surface area contributed by atoms with Crippen LogP contribution in [0.15, 0.2) is 61.2 Å². The van der Waals surface area contributed by atoms with E-state index < -0.39 is 5.82 Å². The lowest BCUT2D eigenvalue weighted by Crippen LogP contribution is -2.43. The third-order valence-corrected chi connectivity index (χ3v) is 5.95. The van der Waals surface area contributed by atoms with E-state index in [1.807, 2.05) is 45.4 Å². The summed E-state index contributed by atoms with van der Waals surface area (Å²) in [4.78, 5) is 21.1. The van der Waals surface area contributed by atoms with Crippen molar-refractivity contribution in [2.75, 3.05) is 50.1 Å². The number of hydrogen-bond donors (Lipinski definition) is 2. The number of amides is 1. The van der Waals surface area contributed by atoms with Gasteiger partial charge >= 0.3 is 0 Å². The molecule has 0 saturated carbocycles. The average molecular weight is 476 g/mol. The van der Waals surface area contributed by atoms with Gasteiger partial charge in [-0.05, 0) is 48.4 Å². The Balaban J connectivity index is 1.71. The van der Waals surface area contributed by atoms with Crippen LogP contribution in [0.2, 0.25) is 0 Å². The molecule has 0 atom stereocenters. The molecule has 2 N–H and O–H groups in total. The first kappa shape index (κ1) is 24.2. The highest BCUT2D eigenvalue weighted by atomic mass is 19.1. The van der Waals surface area contributed by atoms with E-state index in [4.69, 9.17) is 0 Å². The SMILES string of the molecule is Cc1cc(-c2cncc(N3CCNCC3)c2)c(O)c(-c2ccc(N(C=O)/C=C\N(C)C)c(F)c2)c1. The number of rotatable bonds is 7. The van der Waals surface area contributed by atoms with Gasteiger partial charge in [-0.25, -0.2) is 4.39 Å². The van der Waals surface area contributed by atoms with Crippen molar-refractivity contribution in [3.8, 4) is 28.0 Å². The number of phenols is 1. The van der Waals surface area contributed by atoms with Gasteiger partial charge in [-0.2, -0.15) is 0 Å². The summed E-state index contributed by atoms with van der Waals surface area (Å²) in [6, 6.07) is 10.3. The Morgan fingerprint density at radius 2 is 1.74 bits per heavy atom. The van der Waals surface area contributed by atoms with Crippen molar-refractivity contribution in [3.63, 3.8) is 0 Å². The van der Waals surface area contributed by atoms with Gasteiger partial charge in [0.25, 0.3) is 0 Å². The van der Waals surface area contributed by atoms with Gasteiger partial charge < -0.3 is 20.2 Å². The number of nitrogens with one attached hydrogen (secondary N) is 1. The maximum atomic E-state index is 15.1. The fraction of sp³-hybridized carbons (Fsp3) is 0.259. The largest absolute Gasteiger partial charge is 0.507 e. The van der Waals surface area contributed by atoms with Crippen LogP contribution in [0.3, 0.4) is 0 Å². The molecule has 182 valence electrons. The second-order valence-electron chi connectivity index (χ2n) is 8.82. The zero-order valence-electron chi connectivity index (χ0n) is 20.2. The van der Waals surface area contributed by atoms with Crippen molar-refractivity contribution in [2.24, 2.45) is 0 Å². The summed E-state index contributed by atoms with van der Waals surface area (Å²) >= 11 is 0. The number of aromatic nitrogens is 1. The van der Waals surface area contributed by atoms with Crippen molar-refractivity contribution < 1.29 is 14.3 Å². The maximum Gasteiger partial charge on any atom is 0.218 e. The Morgan fingerprint density at radius 3 is 2.40 bits per heavy atom. The zero-order chi connectivity index (χ0) is 24.9. The third kappa shape index (κ3) is 5.44. The Hall–Kier alpha value is -3.91. The molecule has 3 aromatic rings. The number of aryl methyl sites for hydroxylation is 1. The molecule has 1 amide bonds. The molecule has 1 aliphatic heterocycles. The Bertz CT molecular complexity index is 1240. The van der Waals surface area contributed by atoms with Gasteiger partial charge in [-0.1, -0.05) is 6.07 Å². The van der Waals surface area contributed by atoms with Crippen LogP contribution in [0.4, 0.5) is 15.8 Å². The molecule has 7 nitrogen and oxygen atoms in total. The summed E-state index contributed by atoms with van der Waals surface area (Å²) in [6.07, 6.45) is 7.26. The Labute approximate surface area is 205 Å². The van der Waals surface area contributed by atoms with Crippen molar-refractivity contribution in [2.45, 2.75) is 6.92 Å². The normalized spacial score (nSPS) is 13.8. The van der Waals surface area contributed by atoms with E-state index in [2.05, 4.69) is 15.2 Å². The van der Waals surface area contributed by atoms with Crippen LogP contribution in [-0.2, 0) is 4.79 Å². The number of benzene rings is 2. The van der Waals surface area contributed by atoms with Crippen LogP contribution in [0.1, 0.15) is 5.56 Å². The van der Waals surface area contributed by atoms with Gasteiger partial charge in [-0.3, -0.25) is 14.7 Å². The van der Waals surface area contributed by atoms with Gasteiger partial charge in [0.2, 0.25) is 6.41 Å². The standard InChI is InChI=1S/C27H30FN5O2/c1-19-12-23(20-4-5-26(25(28)15-20)33(18-34)11-10-31(2)3)27(35)24(13-19)21-14-22(17-30-16-21)32-8-6-29-7-9-32/h4-5,10-18,29,35H,6-9H2,1-3H3/b11-10-. The predicted octanol–water partition coefficient (Wildman–Crippen LogP) is 3.97. The number of piperazine rings is 1. The lowest BCUT2D eigenvalue weighted by molar-refractivity contribution is -0.107. The molecule has 8 heteroatoms. The third-order valence-electron chi connectivity index (χ3n) is 5.95. The maximum absolute atomic E-state index is 15.1. The number of hydrogen-bond acceptors (Lipinski definition) is 6. The molecule has 0 aliphatic carbocycles. The molecule has 35 heavy (non-hydrogen) atoms. The van der Waals surface area contributed by atoms with Gasteiger partial charge in [0, 0.05) is 75.6 Å². The summed E-state index contributed by atoms with van der Waals surface area (Å²) in [5.41, 5.74) is 4.51. The second-order valence-corrected chi connectivity index (χ2v) is 8.82. The molecule has 1 aliphatic rings. The van der Waals surface area contributed by atoms with Crippen molar-refractivity contribution in [3.05, 3.63) is 72.6 Å². The monoisotopic (exact) mass is 475 g/mol. The van der Waals surface area contributed by atoms with E-state index in [0.29, 0.717) is 23.1 Å². The van der Waals surface area contributed by atoms with E-state index in [-0.39, 0.29) is 11.4 Å². The highest BCUT2D eigenvalue weighted by Gasteiger charge is 2.17. The number of nitrogens with zero attached hydrogens (tertiary/aromatic N) is 4. The molecular weight excluding hydrogens is 445 g/mol. The molecule has 1 saturated heterocycles. The molecule has 0 bridgehead atoms. The number of anilines is 2. The lowest BCUT2D eigenvalue weighted by Gasteiger charge is -2.29. The predicted molar refractivity (Wildman–Crippen MR) is 138 cm³/mol. The van der Waals surface area contributed by atoms with Crippen LogP contribution in [0.5, 0.6) is 5.75 Å². The first-order valence-electron chi connectivity index (χ1n) is 11.5. The first-order chi connectivity index (χ1) is 16.9. The minimum Gasteiger partial charge on any atom is -0.507 e. The molecule has 0 spiro atoms. The molecular formula is C27H30FN5O2. The van der Waals surface area contributed by atoms with Gasteiger partial charge in [0.05, 0.1) is 17.6 Å². The molecule has 1 fully saturated rings. The molecule has 2 heterocycles. The number of halogens is 1. The summed E-state index contributed by atoms with van der Waals surface area (Å²) in [7, 11) is 3.62. The molecule has 1 aromatic heterocycles. The fourth-order valence-electron chi connectivity index (χ4n) is 4.15.